The molecule has 2 aliphatic heterocycles. The first-order valence-corrected chi connectivity index (χ1v) is 9.15. The van der Waals surface area contributed by atoms with Gasteiger partial charge in [-0.2, -0.15) is 0 Å². The largest absolute Gasteiger partial charge is 0.374 e. The smallest absolute Gasteiger partial charge is 0.0428 e. The minimum atomic E-state index is 0.756. The zero-order valence-electron chi connectivity index (χ0n) is 14.8. The topological polar surface area (TPSA) is 6.48 Å². The Morgan fingerprint density at radius 2 is 2.05 bits per heavy atom. The fourth-order valence-electron chi connectivity index (χ4n) is 4.67. The molecule has 0 aromatic heterocycles. The fraction of sp³-hybridized carbons (Fsp3) is 0.700. The van der Waals surface area contributed by atoms with Crippen LogP contribution in [0.3, 0.4) is 0 Å². The van der Waals surface area contributed by atoms with Crippen LogP contribution in [0.4, 0.5) is 5.69 Å². The van der Waals surface area contributed by atoms with Crippen LogP contribution in [0.25, 0.3) is 0 Å². The Balaban J connectivity index is 1.83. The van der Waals surface area contributed by atoms with Crippen molar-refractivity contribution in [3.05, 3.63) is 29.3 Å². The first-order valence-electron chi connectivity index (χ1n) is 9.15. The molecular formula is C20H32N2. The Morgan fingerprint density at radius 1 is 1.23 bits per heavy atom. The van der Waals surface area contributed by atoms with Crippen LogP contribution in [0.2, 0.25) is 0 Å². The maximum absolute atomic E-state index is 2.63. The summed E-state index contributed by atoms with van der Waals surface area (Å²) in [6, 6.07) is 8.51. The lowest BCUT2D eigenvalue weighted by molar-refractivity contribution is 0.186. The van der Waals surface area contributed by atoms with Crippen molar-refractivity contribution < 1.29 is 0 Å². The van der Waals surface area contributed by atoms with E-state index in [1.165, 1.54) is 45.1 Å². The first kappa shape index (κ1) is 15.9. The highest BCUT2D eigenvalue weighted by Crippen LogP contribution is 2.35. The molecule has 2 aliphatic rings. The van der Waals surface area contributed by atoms with Gasteiger partial charge >= 0.3 is 0 Å². The van der Waals surface area contributed by atoms with Gasteiger partial charge in [0.25, 0.3) is 0 Å². The van der Waals surface area contributed by atoms with Crippen LogP contribution >= 0.6 is 0 Å². The molecule has 3 atom stereocenters. The molecule has 3 unspecified atom stereocenters. The number of likely N-dealkylation sites (tertiary alicyclic amines) is 1. The quantitative estimate of drug-likeness (QED) is 0.825. The van der Waals surface area contributed by atoms with E-state index in [1.807, 2.05) is 0 Å². The van der Waals surface area contributed by atoms with Crippen molar-refractivity contribution in [2.75, 3.05) is 25.5 Å². The van der Waals surface area contributed by atoms with Crippen molar-refractivity contribution in [2.24, 2.45) is 5.92 Å². The van der Waals surface area contributed by atoms with Crippen LogP contribution in [0, 0.1) is 5.92 Å². The molecule has 0 radical (unpaired) electrons. The second-order valence-corrected chi connectivity index (χ2v) is 7.48. The summed E-state index contributed by atoms with van der Waals surface area (Å²) < 4.78 is 0. The van der Waals surface area contributed by atoms with Gasteiger partial charge in [-0.25, -0.2) is 0 Å². The van der Waals surface area contributed by atoms with E-state index < -0.39 is 0 Å². The van der Waals surface area contributed by atoms with Crippen LogP contribution in [0.1, 0.15) is 50.7 Å². The number of nitrogens with zero attached hydrogens (tertiary/aromatic N) is 2. The van der Waals surface area contributed by atoms with Crippen molar-refractivity contribution in [1.29, 1.82) is 0 Å². The van der Waals surface area contributed by atoms with Crippen LogP contribution in [-0.2, 0) is 12.8 Å². The van der Waals surface area contributed by atoms with Gasteiger partial charge in [-0.05, 0) is 63.1 Å². The summed E-state index contributed by atoms with van der Waals surface area (Å²) in [6.45, 7) is 5.96. The molecule has 122 valence electrons. The summed E-state index contributed by atoms with van der Waals surface area (Å²) in [5.74, 6) is 0.789. The van der Waals surface area contributed by atoms with Crippen LogP contribution in [0.15, 0.2) is 18.2 Å². The Bertz CT molecular complexity index is 510. The lowest BCUT2D eigenvalue weighted by Crippen LogP contribution is -2.37. The molecule has 2 heterocycles. The molecule has 1 aromatic rings. The van der Waals surface area contributed by atoms with E-state index in [0.717, 1.165) is 18.0 Å². The Labute approximate surface area is 136 Å². The average Bonchev–Trinajstić information content (AvgIpc) is 2.85. The minimum absolute atomic E-state index is 0.756. The summed E-state index contributed by atoms with van der Waals surface area (Å²) in [7, 11) is 4.60. The summed E-state index contributed by atoms with van der Waals surface area (Å²) in [4.78, 5) is 5.12. The maximum Gasteiger partial charge on any atom is 0.0428 e. The fourth-order valence-corrected chi connectivity index (χ4v) is 4.67. The number of aryl methyl sites for hydroxylation is 1. The highest BCUT2D eigenvalue weighted by molar-refractivity contribution is 5.61. The zero-order chi connectivity index (χ0) is 15.7. The third kappa shape index (κ3) is 2.90. The predicted molar refractivity (Wildman–Crippen MR) is 95.8 cm³/mol. The number of rotatable bonds is 4. The molecule has 2 heteroatoms. The van der Waals surface area contributed by atoms with Gasteiger partial charge < -0.3 is 9.80 Å². The Morgan fingerprint density at radius 3 is 2.73 bits per heavy atom. The SMILES string of the molecule is CCC(Cc1cccc2c1N(C)CCC2)C1CCC(C)N1C. The van der Waals surface area contributed by atoms with Gasteiger partial charge in [-0.3, -0.25) is 0 Å². The minimum Gasteiger partial charge on any atom is -0.374 e. The molecule has 0 saturated carbocycles. The van der Waals surface area contributed by atoms with Crippen molar-refractivity contribution >= 4 is 5.69 Å². The first-order chi connectivity index (χ1) is 10.6. The normalized spacial score (nSPS) is 27.0. The zero-order valence-corrected chi connectivity index (χ0v) is 14.8. The van der Waals surface area contributed by atoms with E-state index in [0.29, 0.717) is 0 Å². The van der Waals surface area contributed by atoms with Gasteiger partial charge in [0.05, 0.1) is 0 Å². The number of benzene rings is 1. The lowest BCUT2D eigenvalue weighted by Gasteiger charge is -2.34. The van der Waals surface area contributed by atoms with Crippen molar-refractivity contribution in [2.45, 2.75) is 64.5 Å². The number of hydrogen-bond acceptors (Lipinski definition) is 2. The number of anilines is 1. The highest BCUT2D eigenvalue weighted by atomic mass is 15.2. The lowest BCUT2D eigenvalue weighted by atomic mass is 9.86. The summed E-state index contributed by atoms with van der Waals surface area (Å²) >= 11 is 0. The molecule has 2 nitrogen and oxygen atoms in total. The van der Waals surface area contributed by atoms with E-state index >= 15 is 0 Å². The average molecular weight is 300 g/mol. The molecule has 3 rings (SSSR count). The standard InChI is InChI=1S/C20H32N2/c1-5-16(19-12-11-15(2)22(19)4)14-18-9-6-8-17-10-7-13-21(3)20(17)18/h6,8-9,15-16,19H,5,7,10-14H2,1-4H3. The van der Waals surface area contributed by atoms with E-state index in [-0.39, 0.29) is 0 Å². The van der Waals surface area contributed by atoms with Crippen molar-refractivity contribution in [3.8, 4) is 0 Å². The van der Waals surface area contributed by atoms with Crippen molar-refractivity contribution in [3.63, 3.8) is 0 Å². The highest BCUT2D eigenvalue weighted by Gasteiger charge is 2.33. The summed E-state index contributed by atoms with van der Waals surface area (Å²) in [5, 5.41) is 0. The van der Waals surface area contributed by atoms with Gasteiger partial charge in [0.15, 0.2) is 0 Å². The molecule has 0 spiro atoms. The molecule has 1 saturated heterocycles. The molecule has 22 heavy (non-hydrogen) atoms. The Hall–Kier alpha value is -1.02. The van der Waals surface area contributed by atoms with Gasteiger partial charge in [-0.1, -0.05) is 31.5 Å². The van der Waals surface area contributed by atoms with E-state index in [9.17, 15) is 0 Å². The van der Waals surface area contributed by atoms with E-state index in [1.54, 1.807) is 16.8 Å². The van der Waals surface area contributed by atoms with E-state index in [2.05, 4.69) is 55.9 Å². The third-order valence-electron chi connectivity index (χ3n) is 6.17. The van der Waals surface area contributed by atoms with Crippen LogP contribution in [0.5, 0.6) is 0 Å². The molecule has 0 amide bonds. The molecule has 0 aliphatic carbocycles. The van der Waals surface area contributed by atoms with Gasteiger partial charge in [-0.15, -0.1) is 0 Å². The molecule has 1 fully saturated rings. The number of para-hydroxylation sites is 1. The van der Waals surface area contributed by atoms with Gasteiger partial charge in [0.2, 0.25) is 0 Å². The second kappa shape index (κ2) is 6.62. The molecule has 1 aromatic carbocycles. The summed E-state index contributed by atoms with van der Waals surface area (Å²) in [6.07, 6.45) is 7.82. The molecule has 0 bridgehead atoms. The van der Waals surface area contributed by atoms with Crippen molar-refractivity contribution in [1.82, 2.24) is 4.90 Å². The number of fused-ring (bicyclic) bond motifs is 1. The molecular weight excluding hydrogens is 268 g/mol. The maximum atomic E-state index is 2.63. The van der Waals surface area contributed by atoms with Crippen LogP contribution in [-0.4, -0.2) is 37.6 Å². The Kier molecular flexibility index (Phi) is 4.77. The monoisotopic (exact) mass is 300 g/mol. The van der Waals surface area contributed by atoms with Crippen LogP contribution < -0.4 is 4.90 Å². The predicted octanol–water partition coefficient (Wildman–Crippen LogP) is 4.12. The second-order valence-electron chi connectivity index (χ2n) is 7.48. The summed E-state index contributed by atoms with van der Waals surface area (Å²) in [5.41, 5.74) is 4.69. The number of hydrogen-bond donors (Lipinski definition) is 0. The van der Waals surface area contributed by atoms with Gasteiger partial charge in [0, 0.05) is 31.4 Å². The third-order valence-corrected chi connectivity index (χ3v) is 6.17. The molecule has 0 N–H and O–H groups in total. The van der Waals surface area contributed by atoms with Gasteiger partial charge in [0.1, 0.15) is 0 Å². The van der Waals surface area contributed by atoms with E-state index in [4.69, 9.17) is 0 Å².